The fourth-order valence-electron chi connectivity index (χ4n) is 2.36. The SMILES string of the molecule is NS(=O)(=O)c1cc(C(=O)O)cc(NCC2CC2)c1Oc1ccccc1. The van der Waals surface area contributed by atoms with Crippen LogP contribution in [-0.4, -0.2) is 26.0 Å². The van der Waals surface area contributed by atoms with E-state index in [1.807, 2.05) is 0 Å². The fraction of sp³-hybridized carbons (Fsp3) is 0.235. The fourth-order valence-corrected chi connectivity index (χ4v) is 3.06. The van der Waals surface area contributed by atoms with Crippen molar-refractivity contribution in [1.29, 1.82) is 0 Å². The van der Waals surface area contributed by atoms with Crippen molar-refractivity contribution in [3.63, 3.8) is 0 Å². The number of carbonyl (C=O) groups is 1. The molecule has 2 aromatic rings. The molecule has 0 radical (unpaired) electrons. The van der Waals surface area contributed by atoms with Crippen LogP contribution in [0.2, 0.25) is 0 Å². The number of rotatable bonds is 7. The number of sulfonamides is 1. The van der Waals surface area contributed by atoms with Crippen molar-refractivity contribution in [3.8, 4) is 11.5 Å². The molecular weight excluding hydrogens is 344 g/mol. The summed E-state index contributed by atoms with van der Waals surface area (Å²) in [6.45, 7) is 0.609. The second-order valence-corrected chi connectivity index (χ2v) is 7.47. The largest absolute Gasteiger partial charge is 0.478 e. The first-order chi connectivity index (χ1) is 11.8. The molecule has 0 atom stereocenters. The van der Waals surface area contributed by atoms with Gasteiger partial charge >= 0.3 is 5.97 Å². The van der Waals surface area contributed by atoms with Crippen LogP contribution >= 0.6 is 0 Å². The summed E-state index contributed by atoms with van der Waals surface area (Å²) in [5.41, 5.74) is 0.113. The monoisotopic (exact) mass is 362 g/mol. The van der Waals surface area contributed by atoms with E-state index in [0.29, 0.717) is 23.9 Å². The summed E-state index contributed by atoms with van der Waals surface area (Å²) in [5.74, 6) is -0.328. The van der Waals surface area contributed by atoms with Crippen LogP contribution in [0.15, 0.2) is 47.4 Å². The van der Waals surface area contributed by atoms with Crippen molar-refractivity contribution < 1.29 is 23.1 Å². The molecule has 1 aliphatic carbocycles. The highest BCUT2D eigenvalue weighted by molar-refractivity contribution is 7.89. The molecule has 132 valence electrons. The number of hydrogen-bond donors (Lipinski definition) is 3. The number of benzene rings is 2. The zero-order chi connectivity index (χ0) is 18.0. The lowest BCUT2D eigenvalue weighted by molar-refractivity contribution is 0.0696. The molecule has 0 aliphatic heterocycles. The first-order valence-corrected chi connectivity index (χ1v) is 9.30. The van der Waals surface area contributed by atoms with Crippen molar-refractivity contribution in [1.82, 2.24) is 0 Å². The summed E-state index contributed by atoms with van der Waals surface area (Å²) < 4.78 is 29.7. The van der Waals surface area contributed by atoms with Crippen LogP contribution in [-0.2, 0) is 10.0 Å². The average Bonchev–Trinajstić information content (AvgIpc) is 3.37. The van der Waals surface area contributed by atoms with Crippen LogP contribution < -0.4 is 15.2 Å². The topological polar surface area (TPSA) is 119 Å². The Bertz CT molecular complexity index is 893. The highest BCUT2D eigenvalue weighted by Gasteiger charge is 2.26. The van der Waals surface area contributed by atoms with Crippen LogP contribution in [0, 0.1) is 5.92 Å². The first kappa shape index (κ1) is 17.2. The number of carboxylic acids is 1. The standard InChI is InChI=1S/C17H18N2O5S/c18-25(22,23)15-9-12(17(20)21)8-14(19-10-11-6-7-11)16(15)24-13-4-2-1-3-5-13/h1-5,8-9,11,19H,6-7,10H2,(H,20,21)(H2,18,22,23). The Balaban J connectivity index is 2.10. The molecule has 1 aliphatic rings. The second kappa shape index (κ2) is 6.73. The molecule has 0 aromatic heterocycles. The van der Waals surface area contributed by atoms with E-state index >= 15 is 0 Å². The van der Waals surface area contributed by atoms with Gasteiger partial charge in [-0.15, -0.1) is 0 Å². The van der Waals surface area contributed by atoms with Crippen LogP contribution in [0.1, 0.15) is 23.2 Å². The molecule has 0 amide bonds. The molecule has 1 fully saturated rings. The van der Waals surface area contributed by atoms with Crippen LogP contribution in [0.5, 0.6) is 11.5 Å². The van der Waals surface area contributed by atoms with Gasteiger partial charge in [-0.3, -0.25) is 0 Å². The molecule has 25 heavy (non-hydrogen) atoms. The Morgan fingerprint density at radius 2 is 1.92 bits per heavy atom. The number of hydrogen-bond acceptors (Lipinski definition) is 5. The zero-order valence-corrected chi connectivity index (χ0v) is 14.1. The van der Waals surface area contributed by atoms with Crippen LogP contribution in [0.3, 0.4) is 0 Å². The van der Waals surface area contributed by atoms with E-state index in [-0.39, 0.29) is 16.2 Å². The first-order valence-electron chi connectivity index (χ1n) is 7.75. The van der Waals surface area contributed by atoms with Gasteiger partial charge in [-0.2, -0.15) is 0 Å². The molecule has 7 nitrogen and oxygen atoms in total. The quantitative estimate of drug-likeness (QED) is 0.697. The Hall–Kier alpha value is -2.58. The van der Waals surface area contributed by atoms with E-state index in [0.717, 1.165) is 18.9 Å². The van der Waals surface area contributed by atoms with Crippen molar-refractivity contribution in [2.24, 2.45) is 11.1 Å². The molecule has 4 N–H and O–H groups in total. The Labute approximate surface area is 145 Å². The Morgan fingerprint density at radius 1 is 1.24 bits per heavy atom. The molecule has 0 spiro atoms. The summed E-state index contributed by atoms with van der Waals surface area (Å²) >= 11 is 0. The minimum atomic E-state index is -4.18. The van der Waals surface area contributed by atoms with E-state index < -0.39 is 16.0 Å². The molecule has 0 bridgehead atoms. The Kier molecular flexibility index (Phi) is 4.65. The molecule has 1 saturated carbocycles. The number of ether oxygens (including phenoxy) is 1. The molecule has 0 saturated heterocycles. The average molecular weight is 362 g/mol. The summed E-state index contributed by atoms with van der Waals surface area (Å²) in [6.07, 6.45) is 2.17. The maximum atomic E-state index is 12.0. The number of para-hydroxylation sites is 1. The van der Waals surface area contributed by atoms with Gasteiger partial charge in [0.25, 0.3) is 0 Å². The van der Waals surface area contributed by atoms with Gasteiger partial charge in [-0.05, 0) is 43.0 Å². The third-order valence-corrected chi connectivity index (χ3v) is 4.77. The number of carboxylic acid groups (broad SMARTS) is 1. The molecular formula is C17H18N2O5S. The third-order valence-electron chi connectivity index (χ3n) is 3.85. The van der Waals surface area contributed by atoms with Crippen molar-refractivity contribution in [2.75, 3.05) is 11.9 Å². The van der Waals surface area contributed by atoms with Gasteiger partial charge in [0.2, 0.25) is 10.0 Å². The van der Waals surface area contributed by atoms with Crippen molar-refractivity contribution in [3.05, 3.63) is 48.0 Å². The Morgan fingerprint density at radius 3 is 2.48 bits per heavy atom. The number of anilines is 1. The number of nitrogens with two attached hydrogens (primary N) is 1. The lowest BCUT2D eigenvalue weighted by Gasteiger charge is -2.17. The van der Waals surface area contributed by atoms with Gasteiger partial charge in [-0.25, -0.2) is 18.4 Å². The van der Waals surface area contributed by atoms with Crippen LogP contribution in [0.4, 0.5) is 5.69 Å². The maximum absolute atomic E-state index is 12.0. The van der Waals surface area contributed by atoms with Gasteiger partial charge in [0.05, 0.1) is 11.3 Å². The van der Waals surface area contributed by atoms with E-state index in [1.165, 1.54) is 6.07 Å². The molecule has 3 rings (SSSR count). The van der Waals surface area contributed by atoms with Crippen LogP contribution in [0.25, 0.3) is 0 Å². The zero-order valence-electron chi connectivity index (χ0n) is 13.3. The van der Waals surface area contributed by atoms with E-state index in [1.54, 1.807) is 30.3 Å². The van der Waals surface area contributed by atoms with Crippen molar-refractivity contribution >= 4 is 21.7 Å². The van der Waals surface area contributed by atoms with E-state index in [2.05, 4.69) is 5.32 Å². The highest BCUT2D eigenvalue weighted by atomic mass is 32.2. The number of aromatic carboxylic acids is 1. The van der Waals surface area contributed by atoms with E-state index in [4.69, 9.17) is 9.88 Å². The third kappa shape index (κ3) is 4.28. The summed E-state index contributed by atoms with van der Waals surface area (Å²) in [5, 5.41) is 17.6. The van der Waals surface area contributed by atoms with Gasteiger partial charge < -0.3 is 15.2 Å². The number of nitrogens with one attached hydrogen (secondary N) is 1. The minimum Gasteiger partial charge on any atom is -0.478 e. The smallest absolute Gasteiger partial charge is 0.335 e. The predicted octanol–water partition coefficient (Wildman–Crippen LogP) is 2.65. The molecule has 8 heteroatoms. The number of primary sulfonamides is 1. The van der Waals surface area contributed by atoms with Gasteiger partial charge in [0.1, 0.15) is 10.6 Å². The van der Waals surface area contributed by atoms with Gasteiger partial charge in [0.15, 0.2) is 5.75 Å². The normalized spacial score (nSPS) is 14.1. The second-order valence-electron chi connectivity index (χ2n) is 5.94. The maximum Gasteiger partial charge on any atom is 0.335 e. The predicted molar refractivity (Wildman–Crippen MR) is 92.5 cm³/mol. The van der Waals surface area contributed by atoms with E-state index in [9.17, 15) is 18.3 Å². The molecule has 0 unspecified atom stereocenters. The molecule has 0 heterocycles. The summed E-state index contributed by atoms with van der Waals surface area (Å²) in [6, 6.07) is 11.0. The lowest BCUT2D eigenvalue weighted by atomic mass is 10.1. The highest BCUT2D eigenvalue weighted by Crippen LogP contribution is 2.38. The summed E-state index contributed by atoms with van der Waals surface area (Å²) in [7, 11) is -4.18. The molecule has 2 aromatic carbocycles. The summed E-state index contributed by atoms with van der Waals surface area (Å²) in [4.78, 5) is 11.0. The lowest BCUT2D eigenvalue weighted by Crippen LogP contribution is -2.16. The van der Waals surface area contributed by atoms with Gasteiger partial charge in [0, 0.05) is 6.54 Å². The van der Waals surface area contributed by atoms with Crippen molar-refractivity contribution in [2.45, 2.75) is 17.7 Å². The van der Waals surface area contributed by atoms with Gasteiger partial charge in [-0.1, -0.05) is 18.2 Å². The minimum absolute atomic E-state index is 0.000602.